The Hall–Kier alpha value is -2.67. The molecule has 0 saturated carbocycles. The first kappa shape index (κ1) is 19.6. The van der Waals surface area contributed by atoms with Crippen molar-refractivity contribution in [3.63, 3.8) is 0 Å². The van der Waals surface area contributed by atoms with Crippen LogP contribution in [0.3, 0.4) is 0 Å². The van der Waals surface area contributed by atoms with Crippen molar-refractivity contribution in [1.82, 2.24) is 24.9 Å². The summed E-state index contributed by atoms with van der Waals surface area (Å²) >= 11 is 0. The molecule has 154 valence electrons. The molecule has 7 heteroatoms. The minimum absolute atomic E-state index is 0.0743. The van der Waals surface area contributed by atoms with Crippen LogP contribution in [-0.2, 0) is 0 Å². The molecular weight excluding hydrogens is 364 g/mol. The van der Waals surface area contributed by atoms with Crippen molar-refractivity contribution in [3.05, 3.63) is 47.2 Å². The summed E-state index contributed by atoms with van der Waals surface area (Å²) in [5.41, 5.74) is 4.36. The predicted molar refractivity (Wildman–Crippen MR) is 115 cm³/mol. The Morgan fingerprint density at radius 3 is 2.72 bits per heavy atom. The van der Waals surface area contributed by atoms with Gasteiger partial charge in [-0.1, -0.05) is 38.1 Å². The average Bonchev–Trinajstić information content (AvgIpc) is 3.13. The fraction of sp³-hybridized carbons (Fsp3) is 0.500. The lowest BCUT2D eigenvalue weighted by Gasteiger charge is -2.23. The quantitative estimate of drug-likeness (QED) is 0.661. The van der Waals surface area contributed by atoms with E-state index < -0.39 is 0 Å². The zero-order valence-electron chi connectivity index (χ0n) is 17.6. The van der Waals surface area contributed by atoms with Crippen LogP contribution in [0.2, 0.25) is 0 Å². The average molecular weight is 395 g/mol. The first-order valence-electron chi connectivity index (χ1n) is 10.5. The van der Waals surface area contributed by atoms with Gasteiger partial charge in [-0.25, -0.2) is 0 Å². The first-order valence-corrected chi connectivity index (χ1v) is 10.5. The number of nitrogens with zero attached hydrogens (tertiary/aromatic N) is 4. The SMILES string of the molecule is Cc1ccccc1[C@H](C)Nc1nc(OC2CCCNC2)nc2c(C(C)C)cnn12. The van der Waals surface area contributed by atoms with Gasteiger partial charge in [0.15, 0.2) is 5.65 Å². The van der Waals surface area contributed by atoms with Gasteiger partial charge in [-0.3, -0.25) is 0 Å². The minimum Gasteiger partial charge on any atom is -0.459 e. The van der Waals surface area contributed by atoms with Crippen LogP contribution in [0.15, 0.2) is 30.5 Å². The number of benzene rings is 1. The summed E-state index contributed by atoms with van der Waals surface area (Å²) in [4.78, 5) is 9.40. The Morgan fingerprint density at radius 2 is 2.00 bits per heavy atom. The molecule has 0 spiro atoms. The minimum atomic E-state index is 0.0743. The molecule has 1 aliphatic rings. The number of piperidine rings is 1. The van der Waals surface area contributed by atoms with Gasteiger partial charge in [0.1, 0.15) is 6.10 Å². The molecule has 2 atom stereocenters. The van der Waals surface area contributed by atoms with Crippen LogP contribution in [0.5, 0.6) is 6.01 Å². The zero-order chi connectivity index (χ0) is 20.4. The second-order valence-corrected chi connectivity index (χ2v) is 8.13. The van der Waals surface area contributed by atoms with Gasteiger partial charge in [0, 0.05) is 12.1 Å². The van der Waals surface area contributed by atoms with Crippen LogP contribution in [0, 0.1) is 6.92 Å². The molecule has 2 N–H and O–H groups in total. The third-order valence-electron chi connectivity index (χ3n) is 5.52. The van der Waals surface area contributed by atoms with Crippen molar-refractivity contribution in [2.24, 2.45) is 0 Å². The van der Waals surface area contributed by atoms with Crippen LogP contribution in [0.4, 0.5) is 5.95 Å². The lowest BCUT2D eigenvalue weighted by Crippen LogP contribution is -2.37. The lowest BCUT2D eigenvalue weighted by molar-refractivity contribution is 0.153. The molecule has 29 heavy (non-hydrogen) atoms. The van der Waals surface area contributed by atoms with Crippen molar-refractivity contribution < 1.29 is 4.74 Å². The van der Waals surface area contributed by atoms with Crippen molar-refractivity contribution in [3.8, 4) is 6.01 Å². The van der Waals surface area contributed by atoms with E-state index in [0.29, 0.717) is 17.9 Å². The number of rotatable bonds is 6. The molecule has 1 aliphatic heterocycles. The molecule has 0 aliphatic carbocycles. The fourth-order valence-electron chi connectivity index (χ4n) is 3.84. The van der Waals surface area contributed by atoms with Gasteiger partial charge in [0.25, 0.3) is 0 Å². The van der Waals surface area contributed by atoms with Crippen LogP contribution in [0.25, 0.3) is 5.65 Å². The number of fused-ring (bicyclic) bond motifs is 1. The van der Waals surface area contributed by atoms with E-state index in [1.54, 1.807) is 4.52 Å². The maximum Gasteiger partial charge on any atom is 0.322 e. The number of hydrogen-bond donors (Lipinski definition) is 2. The lowest BCUT2D eigenvalue weighted by atomic mass is 10.0. The number of aryl methyl sites for hydroxylation is 1. The molecule has 3 heterocycles. The molecule has 2 aromatic heterocycles. The summed E-state index contributed by atoms with van der Waals surface area (Å²) in [6, 6.07) is 8.86. The molecular formula is C22H30N6O. The van der Waals surface area contributed by atoms with Gasteiger partial charge in [-0.05, 0) is 50.3 Å². The van der Waals surface area contributed by atoms with E-state index >= 15 is 0 Å². The maximum atomic E-state index is 6.15. The zero-order valence-corrected chi connectivity index (χ0v) is 17.6. The molecule has 0 bridgehead atoms. The normalized spacial score (nSPS) is 18.2. The van der Waals surface area contributed by atoms with Gasteiger partial charge in [-0.2, -0.15) is 19.6 Å². The van der Waals surface area contributed by atoms with E-state index in [2.05, 4.69) is 67.7 Å². The molecule has 0 radical (unpaired) electrons. The van der Waals surface area contributed by atoms with Gasteiger partial charge < -0.3 is 15.4 Å². The van der Waals surface area contributed by atoms with E-state index in [1.165, 1.54) is 11.1 Å². The van der Waals surface area contributed by atoms with Crippen molar-refractivity contribution in [2.75, 3.05) is 18.4 Å². The highest BCUT2D eigenvalue weighted by Crippen LogP contribution is 2.26. The largest absolute Gasteiger partial charge is 0.459 e. The molecule has 0 amide bonds. The smallest absolute Gasteiger partial charge is 0.322 e. The molecule has 1 aromatic carbocycles. The highest BCUT2D eigenvalue weighted by atomic mass is 16.5. The molecule has 1 fully saturated rings. The van der Waals surface area contributed by atoms with Crippen molar-refractivity contribution in [2.45, 2.75) is 58.6 Å². The van der Waals surface area contributed by atoms with E-state index in [9.17, 15) is 0 Å². The second kappa shape index (κ2) is 8.37. The van der Waals surface area contributed by atoms with Crippen LogP contribution in [-0.4, -0.2) is 38.8 Å². The Morgan fingerprint density at radius 1 is 1.17 bits per heavy atom. The Balaban J connectivity index is 1.70. The van der Waals surface area contributed by atoms with Gasteiger partial charge in [0.05, 0.1) is 12.2 Å². The number of nitrogens with one attached hydrogen (secondary N) is 2. The molecule has 1 unspecified atom stereocenters. The first-order chi connectivity index (χ1) is 14.0. The number of aromatic nitrogens is 4. The Kier molecular flexibility index (Phi) is 5.67. The van der Waals surface area contributed by atoms with E-state index in [0.717, 1.165) is 37.1 Å². The number of hydrogen-bond acceptors (Lipinski definition) is 6. The van der Waals surface area contributed by atoms with Crippen LogP contribution < -0.4 is 15.4 Å². The maximum absolute atomic E-state index is 6.15. The van der Waals surface area contributed by atoms with Crippen LogP contribution >= 0.6 is 0 Å². The third kappa shape index (κ3) is 4.19. The van der Waals surface area contributed by atoms with Crippen molar-refractivity contribution in [1.29, 1.82) is 0 Å². The summed E-state index contributed by atoms with van der Waals surface area (Å²) in [7, 11) is 0. The number of ether oxygens (including phenoxy) is 1. The molecule has 7 nitrogen and oxygen atoms in total. The van der Waals surface area contributed by atoms with E-state index in [1.807, 2.05) is 6.20 Å². The summed E-state index contributed by atoms with van der Waals surface area (Å²) < 4.78 is 7.94. The molecule has 1 saturated heterocycles. The topological polar surface area (TPSA) is 76.4 Å². The van der Waals surface area contributed by atoms with Gasteiger partial charge in [0.2, 0.25) is 5.95 Å². The monoisotopic (exact) mass is 394 g/mol. The Labute approximate surface area is 171 Å². The summed E-state index contributed by atoms with van der Waals surface area (Å²) in [6.45, 7) is 10.4. The number of anilines is 1. The second-order valence-electron chi connectivity index (χ2n) is 8.13. The fourth-order valence-corrected chi connectivity index (χ4v) is 3.84. The highest BCUT2D eigenvalue weighted by molar-refractivity contribution is 5.53. The molecule has 4 rings (SSSR count). The highest BCUT2D eigenvalue weighted by Gasteiger charge is 2.21. The van der Waals surface area contributed by atoms with Crippen LogP contribution in [0.1, 0.15) is 62.3 Å². The summed E-state index contributed by atoms with van der Waals surface area (Å²) in [6.07, 6.45) is 4.09. The Bertz CT molecular complexity index is 977. The predicted octanol–water partition coefficient (Wildman–Crippen LogP) is 3.86. The van der Waals surface area contributed by atoms with Gasteiger partial charge >= 0.3 is 6.01 Å². The van der Waals surface area contributed by atoms with E-state index in [-0.39, 0.29) is 12.1 Å². The van der Waals surface area contributed by atoms with Crippen molar-refractivity contribution >= 4 is 11.6 Å². The summed E-state index contributed by atoms with van der Waals surface area (Å²) in [5, 5.41) is 11.5. The van der Waals surface area contributed by atoms with E-state index in [4.69, 9.17) is 14.7 Å². The third-order valence-corrected chi connectivity index (χ3v) is 5.52. The molecule has 3 aromatic rings. The van der Waals surface area contributed by atoms with Gasteiger partial charge in [-0.15, -0.1) is 0 Å². The standard InChI is InChI=1S/C22H30N6O/c1-14(2)19-13-24-28-20(19)26-22(29-17-9-7-11-23-12-17)27-21(28)25-16(4)18-10-6-5-8-15(18)3/h5-6,8,10,13-14,16-17,23H,7,9,11-12H2,1-4H3,(H,25,26,27)/t16-,17?/m0/s1. The summed E-state index contributed by atoms with van der Waals surface area (Å²) in [5.74, 6) is 0.963.